The number of nitrogens with zero attached hydrogens (tertiary/aromatic N) is 2. The Kier molecular flexibility index (Phi) is 3.47. The summed E-state index contributed by atoms with van der Waals surface area (Å²) >= 11 is 1.61. The highest BCUT2D eigenvalue weighted by Gasteiger charge is 2.08. The number of rotatable bonds is 5. The quantitative estimate of drug-likeness (QED) is 0.788. The van der Waals surface area contributed by atoms with E-state index in [9.17, 15) is 0 Å². The third-order valence-corrected chi connectivity index (χ3v) is 2.92. The molecule has 0 aliphatic heterocycles. The third kappa shape index (κ3) is 2.64. The van der Waals surface area contributed by atoms with Gasteiger partial charge in [-0.1, -0.05) is 11.2 Å². The molecule has 5 heteroatoms. The van der Waals surface area contributed by atoms with Crippen molar-refractivity contribution in [3.63, 3.8) is 0 Å². The van der Waals surface area contributed by atoms with Crippen molar-refractivity contribution in [1.82, 2.24) is 10.1 Å². The maximum absolute atomic E-state index is 5.41. The molecule has 0 amide bonds. The molecule has 2 aromatic heterocycles. The van der Waals surface area contributed by atoms with E-state index in [4.69, 9.17) is 10.3 Å². The second-order valence-corrected chi connectivity index (χ2v) is 4.18. The van der Waals surface area contributed by atoms with Gasteiger partial charge in [-0.3, -0.25) is 0 Å². The summed E-state index contributed by atoms with van der Waals surface area (Å²) in [5, 5.41) is 5.93. The molecule has 0 aliphatic rings. The molecule has 4 nitrogen and oxygen atoms in total. The van der Waals surface area contributed by atoms with Gasteiger partial charge in [-0.25, -0.2) is 0 Å². The molecule has 0 spiro atoms. The normalized spacial score (nSPS) is 10.7. The number of unbranched alkanes of at least 4 members (excludes halogenated alkanes) is 1. The fraction of sp³-hybridized carbons (Fsp3) is 0.400. The van der Waals surface area contributed by atoms with Gasteiger partial charge in [0.05, 0.1) is 4.88 Å². The molecule has 0 saturated carbocycles. The van der Waals surface area contributed by atoms with Crippen LogP contribution in [-0.2, 0) is 6.42 Å². The van der Waals surface area contributed by atoms with E-state index < -0.39 is 0 Å². The zero-order valence-corrected chi connectivity index (χ0v) is 9.17. The molecule has 2 heterocycles. The number of thiophene rings is 1. The highest BCUT2D eigenvalue weighted by atomic mass is 32.1. The lowest BCUT2D eigenvalue weighted by atomic mass is 10.2. The van der Waals surface area contributed by atoms with Crippen molar-refractivity contribution in [1.29, 1.82) is 0 Å². The molecular formula is C10H13N3OS. The van der Waals surface area contributed by atoms with Crippen LogP contribution in [0.2, 0.25) is 0 Å². The van der Waals surface area contributed by atoms with Gasteiger partial charge in [0.15, 0.2) is 0 Å². The third-order valence-electron chi connectivity index (χ3n) is 2.05. The monoisotopic (exact) mass is 223 g/mol. The number of hydrogen-bond donors (Lipinski definition) is 1. The first-order chi connectivity index (χ1) is 7.40. The van der Waals surface area contributed by atoms with Gasteiger partial charge < -0.3 is 10.3 Å². The van der Waals surface area contributed by atoms with E-state index in [1.807, 2.05) is 17.5 Å². The summed E-state index contributed by atoms with van der Waals surface area (Å²) in [7, 11) is 0. The highest BCUT2D eigenvalue weighted by molar-refractivity contribution is 7.13. The molecular weight excluding hydrogens is 210 g/mol. The smallest absolute Gasteiger partial charge is 0.226 e. The minimum absolute atomic E-state index is 0.688. The van der Waals surface area contributed by atoms with Gasteiger partial charge in [-0.15, -0.1) is 11.3 Å². The van der Waals surface area contributed by atoms with Crippen LogP contribution in [0.1, 0.15) is 18.7 Å². The van der Waals surface area contributed by atoms with E-state index in [1.54, 1.807) is 11.3 Å². The summed E-state index contributed by atoms with van der Waals surface area (Å²) in [4.78, 5) is 5.36. The van der Waals surface area contributed by atoms with E-state index in [-0.39, 0.29) is 0 Å². The fourth-order valence-corrected chi connectivity index (χ4v) is 1.93. The van der Waals surface area contributed by atoms with Gasteiger partial charge in [-0.05, 0) is 30.8 Å². The summed E-state index contributed by atoms with van der Waals surface area (Å²) in [6.07, 6.45) is 2.81. The molecule has 15 heavy (non-hydrogen) atoms. The number of nitrogens with two attached hydrogens (primary N) is 1. The van der Waals surface area contributed by atoms with Crippen molar-refractivity contribution in [3.8, 4) is 10.7 Å². The predicted molar refractivity (Wildman–Crippen MR) is 59.6 cm³/mol. The highest BCUT2D eigenvalue weighted by Crippen LogP contribution is 2.21. The van der Waals surface area contributed by atoms with Crippen LogP contribution in [0.4, 0.5) is 0 Å². The van der Waals surface area contributed by atoms with E-state index in [2.05, 4.69) is 10.1 Å². The molecule has 2 N–H and O–H groups in total. The minimum Gasteiger partial charge on any atom is -0.339 e. The van der Waals surface area contributed by atoms with E-state index in [0.717, 1.165) is 24.1 Å². The zero-order valence-electron chi connectivity index (χ0n) is 8.35. The minimum atomic E-state index is 0.688. The molecule has 2 aromatic rings. The standard InChI is InChI=1S/C10H13N3OS/c11-6-2-1-5-9-12-10(13-14-9)8-4-3-7-15-8/h3-4,7H,1-2,5-6,11H2. The molecule has 0 unspecified atom stereocenters. The maximum atomic E-state index is 5.41. The van der Waals surface area contributed by atoms with Crippen LogP contribution in [-0.4, -0.2) is 16.7 Å². The Morgan fingerprint density at radius 3 is 3.07 bits per heavy atom. The second kappa shape index (κ2) is 5.04. The van der Waals surface area contributed by atoms with Gasteiger partial charge >= 0.3 is 0 Å². The first-order valence-electron chi connectivity index (χ1n) is 4.96. The van der Waals surface area contributed by atoms with Crippen LogP contribution in [0.25, 0.3) is 10.7 Å². The molecule has 0 bridgehead atoms. The lowest BCUT2D eigenvalue weighted by Crippen LogP contribution is -1.99. The van der Waals surface area contributed by atoms with Crippen molar-refractivity contribution < 1.29 is 4.52 Å². The Hall–Kier alpha value is -1.20. The first-order valence-corrected chi connectivity index (χ1v) is 5.84. The molecule has 0 atom stereocenters. The van der Waals surface area contributed by atoms with Crippen molar-refractivity contribution in [3.05, 3.63) is 23.4 Å². The first kappa shape index (κ1) is 10.3. The average Bonchev–Trinajstić information content (AvgIpc) is 2.87. The topological polar surface area (TPSA) is 64.9 Å². The maximum Gasteiger partial charge on any atom is 0.226 e. The Morgan fingerprint density at radius 1 is 1.40 bits per heavy atom. The van der Waals surface area contributed by atoms with Crippen LogP contribution in [0.3, 0.4) is 0 Å². The largest absolute Gasteiger partial charge is 0.339 e. The van der Waals surface area contributed by atoms with Crippen LogP contribution >= 0.6 is 11.3 Å². The lowest BCUT2D eigenvalue weighted by molar-refractivity contribution is 0.375. The summed E-state index contributed by atoms with van der Waals surface area (Å²) in [6, 6.07) is 3.96. The zero-order chi connectivity index (χ0) is 10.5. The Balaban J connectivity index is 1.98. The SMILES string of the molecule is NCCCCc1nc(-c2cccs2)no1. The summed E-state index contributed by atoms with van der Waals surface area (Å²) in [5.41, 5.74) is 5.41. The summed E-state index contributed by atoms with van der Waals surface area (Å²) in [6.45, 7) is 0.714. The molecule has 0 aliphatic carbocycles. The number of hydrogen-bond acceptors (Lipinski definition) is 5. The van der Waals surface area contributed by atoms with Crippen LogP contribution in [0.5, 0.6) is 0 Å². The Bertz CT molecular complexity index is 396. The van der Waals surface area contributed by atoms with E-state index >= 15 is 0 Å². The molecule has 2 rings (SSSR count). The van der Waals surface area contributed by atoms with Crippen molar-refractivity contribution >= 4 is 11.3 Å². The van der Waals surface area contributed by atoms with Crippen LogP contribution in [0, 0.1) is 0 Å². The number of aromatic nitrogens is 2. The van der Waals surface area contributed by atoms with Gasteiger partial charge in [0.1, 0.15) is 0 Å². The van der Waals surface area contributed by atoms with E-state index in [1.165, 1.54) is 0 Å². The Labute approximate surface area is 92.1 Å². The molecule has 0 aromatic carbocycles. The van der Waals surface area contributed by atoms with Crippen molar-refractivity contribution in [2.24, 2.45) is 5.73 Å². The Morgan fingerprint density at radius 2 is 2.33 bits per heavy atom. The van der Waals surface area contributed by atoms with Gasteiger partial charge in [0, 0.05) is 6.42 Å². The average molecular weight is 223 g/mol. The fourth-order valence-electron chi connectivity index (χ4n) is 1.28. The molecule has 80 valence electrons. The second-order valence-electron chi connectivity index (χ2n) is 3.23. The van der Waals surface area contributed by atoms with Crippen molar-refractivity contribution in [2.45, 2.75) is 19.3 Å². The van der Waals surface area contributed by atoms with Crippen LogP contribution < -0.4 is 5.73 Å². The molecule has 0 saturated heterocycles. The summed E-state index contributed by atoms with van der Waals surface area (Å²) in [5.74, 6) is 1.39. The number of aryl methyl sites for hydroxylation is 1. The van der Waals surface area contributed by atoms with Gasteiger partial charge in [0.2, 0.25) is 11.7 Å². The van der Waals surface area contributed by atoms with Gasteiger partial charge in [0.25, 0.3) is 0 Å². The predicted octanol–water partition coefficient (Wildman–Crippen LogP) is 2.08. The van der Waals surface area contributed by atoms with Gasteiger partial charge in [-0.2, -0.15) is 4.98 Å². The van der Waals surface area contributed by atoms with E-state index in [0.29, 0.717) is 18.3 Å². The van der Waals surface area contributed by atoms with Crippen molar-refractivity contribution in [2.75, 3.05) is 6.54 Å². The molecule has 0 fully saturated rings. The molecule has 0 radical (unpaired) electrons. The lowest BCUT2D eigenvalue weighted by Gasteiger charge is -1.91. The van der Waals surface area contributed by atoms with Crippen LogP contribution in [0.15, 0.2) is 22.0 Å². The summed E-state index contributed by atoms with van der Waals surface area (Å²) < 4.78 is 5.14.